The highest BCUT2D eigenvalue weighted by atomic mass is 19.1. The van der Waals surface area contributed by atoms with Crippen molar-refractivity contribution in [2.75, 3.05) is 19.4 Å². The summed E-state index contributed by atoms with van der Waals surface area (Å²) in [7, 11) is 1.81. The molecular formula is C16H19FN6O. The summed E-state index contributed by atoms with van der Waals surface area (Å²) in [6, 6.07) is 4.89. The van der Waals surface area contributed by atoms with E-state index in [1.54, 1.807) is 10.6 Å². The quantitative estimate of drug-likeness (QED) is 0.624. The van der Waals surface area contributed by atoms with E-state index in [1.165, 1.54) is 18.6 Å². The number of hydrogen-bond acceptors (Lipinski definition) is 6. The van der Waals surface area contributed by atoms with Gasteiger partial charge in [0.1, 0.15) is 17.7 Å². The summed E-state index contributed by atoms with van der Waals surface area (Å²) >= 11 is 0. The Kier molecular flexibility index (Phi) is 4.68. The molecular weight excluding hydrogens is 311 g/mol. The van der Waals surface area contributed by atoms with Crippen LogP contribution in [0.2, 0.25) is 0 Å². The van der Waals surface area contributed by atoms with Gasteiger partial charge in [-0.1, -0.05) is 0 Å². The first kappa shape index (κ1) is 16.3. The number of fused-ring (bicyclic) bond motifs is 1. The lowest BCUT2D eigenvalue weighted by atomic mass is 10.1. The van der Waals surface area contributed by atoms with Gasteiger partial charge < -0.3 is 16.2 Å². The number of likely N-dealkylation sites (N-methyl/N-ethyl adjacent to an activating group) is 1. The Morgan fingerprint density at radius 2 is 2.21 bits per heavy atom. The summed E-state index contributed by atoms with van der Waals surface area (Å²) in [5, 5.41) is 16.6. The molecule has 3 aromatic heterocycles. The van der Waals surface area contributed by atoms with Crippen LogP contribution in [0.5, 0.6) is 0 Å². The molecule has 0 bridgehead atoms. The van der Waals surface area contributed by atoms with Crippen molar-refractivity contribution < 1.29 is 9.50 Å². The summed E-state index contributed by atoms with van der Waals surface area (Å²) in [6.07, 6.45) is 3.99. The maximum atomic E-state index is 13.1. The molecule has 3 aromatic rings. The van der Waals surface area contributed by atoms with Crippen LogP contribution in [-0.2, 0) is 6.42 Å². The number of aryl methyl sites for hydroxylation is 1. The van der Waals surface area contributed by atoms with Gasteiger partial charge in [-0.15, -0.1) is 0 Å². The third-order valence-corrected chi connectivity index (χ3v) is 4.04. The van der Waals surface area contributed by atoms with Crippen molar-refractivity contribution in [3.63, 3.8) is 0 Å². The van der Waals surface area contributed by atoms with Crippen LogP contribution in [-0.4, -0.2) is 44.4 Å². The van der Waals surface area contributed by atoms with E-state index in [-0.39, 0.29) is 12.6 Å². The maximum absolute atomic E-state index is 13.1. The molecule has 1 atom stereocenters. The van der Waals surface area contributed by atoms with Crippen LogP contribution in [0.3, 0.4) is 0 Å². The number of aliphatic hydroxyl groups excluding tert-OH is 1. The zero-order valence-corrected chi connectivity index (χ0v) is 13.3. The normalized spacial score (nSPS) is 12.6. The predicted octanol–water partition coefficient (Wildman–Crippen LogP) is 1.03. The summed E-state index contributed by atoms with van der Waals surface area (Å²) in [5.41, 5.74) is 8.96. The molecule has 0 radical (unpaired) electrons. The van der Waals surface area contributed by atoms with E-state index in [0.717, 1.165) is 17.7 Å². The molecule has 0 aromatic carbocycles. The molecule has 3 heterocycles. The Balaban J connectivity index is 2.05. The van der Waals surface area contributed by atoms with E-state index in [1.807, 2.05) is 13.1 Å². The summed E-state index contributed by atoms with van der Waals surface area (Å²) in [6.45, 7) is 0.0588. The molecule has 0 spiro atoms. The monoisotopic (exact) mass is 330 g/mol. The first-order valence-corrected chi connectivity index (χ1v) is 7.65. The Labute approximate surface area is 138 Å². The second kappa shape index (κ2) is 6.90. The molecule has 126 valence electrons. The van der Waals surface area contributed by atoms with Gasteiger partial charge in [-0.3, -0.25) is 4.98 Å². The zero-order chi connectivity index (χ0) is 17.1. The first-order valence-electron chi connectivity index (χ1n) is 7.65. The molecule has 4 N–H and O–H groups in total. The van der Waals surface area contributed by atoms with Gasteiger partial charge in [-0.25, -0.2) is 13.9 Å². The number of aromatic nitrogens is 4. The molecule has 0 unspecified atom stereocenters. The van der Waals surface area contributed by atoms with Crippen LogP contribution in [0.15, 0.2) is 30.7 Å². The van der Waals surface area contributed by atoms with Crippen LogP contribution >= 0.6 is 0 Å². The van der Waals surface area contributed by atoms with Crippen molar-refractivity contribution in [3.05, 3.63) is 42.2 Å². The van der Waals surface area contributed by atoms with Crippen molar-refractivity contribution in [2.24, 2.45) is 0 Å². The number of halogens is 1. The van der Waals surface area contributed by atoms with E-state index >= 15 is 0 Å². The average Bonchev–Trinajstić information content (AvgIpc) is 2.97. The average molecular weight is 330 g/mol. The first-order chi connectivity index (χ1) is 11.6. The predicted molar refractivity (Wildman–Crippen MR) is 88.8 cm³/mol. The Morgan fingerprint density at radius 1 is 1.38 bits per heavy atom. The van der Waals surface area contributed by atoms with Crippen LogP contribution in [0, 0.1) is 5.82 Å². The van der Waals surface area contributed by atoms with Crippen molar-refractivity contribution in [2.45, 2.75) is 18.9 Å². The van der Waals surface area contributed by atoms with Gasteiger partial charge in [0, 0.05) is 17.3 Å². The maximum Gasteiger partial charge on any atom is 0.152 e. The fraction of sp³-hybridized carbons (Fsp3) is 0.312. The van der Waals surface area contributed by atoms with Gasteiger partial charge in [-0.2, -0.15) is 5.10 Å². The zero-order valence-electron chi connectivity index (χ0n) is 13.3. The summed E-state index contributed by atoms with van der Waals surface area (Å²) < 4.78 is 14.9. The summed E-state index contributed by atoms with van der Waals surface area (Å²) in [4.78, 5) is 8.17. The highest BCUT2D eigenvalue weighted by molar-refractivity contribution is 5.86. The molecule has 0 aliphatic heterocycles. The van der Waals surface area contributed by atoms with Crippen LogP contribution < -0.4 is 11.1 Å². The van der Waals surface area contributed by atoms with Gasteiger partial charge in [0.05, 0.1) is 18.5 Å². The number of anilines is 1. The minimum Gasteiger partial charge on any atom is -0.395 e. The Hall–Kier alpha value is -2.58. The number of nitrogens with two attached hydrogens (primary N) is 1. The van der Waals surface area contributed by atoms with E-state index in [9.17, 15) is 9.50 Å². The molecule has 0 aliphatic carbocycles. The second-order valence-corrected chi connectivity index (χ2v) is 5.52. The lowest BCUT2D eigenvalue weighted by Crippen LogP contribution is -2.29. The number of pyridine rings is 1. The molecule has 0 saturated heterocycles. The lowest BCUT2D eigenvalue weighted by Gasteiger charge is -2.12. The number of rotatable bonds is 6. The SMILES string of the molecule is CN[C@H](CO)CCc1cc(-c2ccc(F)cn2)c2c(N)ncnn12. The van der Waals surface area contributed by atoms with Gasteiger partial charge in [0.25, 0.3) is 0 Å². The molecule has 8 heteroatoms. The number of hydrogen-bond donors (Lipinski definition) is 3. The lowest BCUT2D eigenvalue weighted by molar-refractivity contribution is 0.242. The minimum absolute atomic E-state index is 0.00197. The fourth-order valence-electron chi connectivity index (χ4n) is 2.69. The van der Waals surface area contributed by atoms with Crippen molar-refractivity contribution in [1.82, 2.24) is 24.9 Å². The van der Waals surface area contributed by atoms with E-state index in [4.69, 9.17) is 5.73 Å². The third-order valence-electron chi connectivity index (χ3n) is 4.04. The van der Waals surface area contributed by atoms with Crippen LogP contribution in [0.1, 0.15) is 12.1 Å². The standard InChI is InChI=1S/C16H19FN6O/c1-19-11(8-24)3-4-12-6-13(14-5-2-10(17)7-20-14)15-16(18)21-9-22-23(12)15/h2,5-7,9,11,19,24H,3-4,8H2,1H3,(H2,18,21,22)/t11-/m0/s1. The van der Waals surface area contributed by atoms with Gasteiger partial charge in [0.2, 0.25) is 0 Å². The molecule has 0 amide bonds. The molecule has 7 nitrogen and oxygen atoms in total. The molecule has 0 saturated carbocycles. The van der Waals surface area contributed by atoms with Crippen molar-refractivity contribution in [3.8, 4) is 11.3 Å². The number of nitrogen functional groups attached to an aromatic ring is 1. The van der Waals surface area contributed by atoms with Gasteiger partial charge in [-0.05, 0) is 38.1 Å². The van der Waals surface area contributed by atoms with Crippen LogP contribution in [0.25, 0.3) is 16.8 Å². The van der Waals surface area contributed by atoms with E-state index in [0.29, 0.717) is 23.4 Å². The molecule has 0 fully saturated rings. The van der Waals surface area contributed by atoms with Crippen molar-refractivity contribution in [1.29, 1.82) is 0 Å². The molecule has 24 heavy (non-hydrogen) atoms. The topological polar surface area (TPSA) is 101 Å². The van der Waals surface area contributed by atoms with Gasteiger partial charge >= 0.3 is 0 Å². The Bertz CT molecular complexity index is 828. The fourth-order valence-corrected chi connectivity index (χ4v) is 2.69. The van der Waals surface area contributed by atoms with Gasteiger partial charge in [0.15, 0.2) is 5.82 Å². The highest BCUT2D eigenvalue weighted by Gasteiger charge is 2.17. The molecule has 3 rings (SSSR count). The smallest absolute Gasteiger partial charge is 0.152 e. The third kappa shape index (κ3) is 3.06. The second-order valence-electron chi connectivity index (χ2n) is 5.52. The summed E-state index contributed by atoms with van der Waals surface area (Å²) in [5.74, 6) is -0.0591. The number of nitrogens with zero attached hydrogens (tertiary/aromatic N) is 4. The number of nitrogens with one attached hydrogen (secondary N) is 1. The number of aliphatic hydroxyl groups is 1. The molecule has 0 aliphatic rings. The highest BCUT2D eigenvalue weighted by Crippen LogP contribution is 2.29. The van der Waals surface area contributed by atoms with Crippen molar-refractivity contribution >= 4 is 11.3 Å². The minimum atomic E-state index is -0.397. The Morgan fingerprint density at radius 3 is 2.88 bits per heavy atom. The van der Waals surface area contributed by atoms with E-state index in [2.05, 4.69) is 20.4 Å². The van der Waals surface area contributed by atoms with E-state index < -0.39 is 5.82 Å². The largest absolute Gasteiger partial charge is 0.395 e. The van der Waals surface area contributed by atoms with Crippen LogP contribution in [0.4, 0.5) is 10.2 Å².